The van der Waals surface area contributed by atoms with E-state index in [-0.39, 0.29) is 24.8 Å². The molecule has 1 amide bonds. The zero-order chi connectivity index (χ0) is 18.2. The largest absolute Gasteiger partial charge is 0.456 e. The molecule has 0 fully saturated rings. The molecule has 0 aliphatic carbocycles. The Kier molecular flexibility index (Phi) is 6.46. The first-order chi connectivity index (χ1) is 12.0. The predicted molar refractivity (Wildman–Crippen MR) is 94.6 cm³/mol. The van der Waals surface area contributed by atoms with E-state index < -0.39 is 5.97 Å². The molecular formula is C20H21NO4. The first-order valence-corrected chi connectivity index (χ1v) is 8.09. The molecule has 5 heteroatoms. The number of rotatable bonds is 7. The summed E-state index contributed by atoms with van der Waals surface area (Å²) < 4.78 is 4.92. The maximum absolute atomic E-state index is 12.0. The smallest absolute Gasteiger partial charge is 0.325 e. The Hall–Kier alpha value is -2.95. The van der Waals surface area contributed by atoms with Crippen LogP contribution in [0.4, 0.5) is 0 Å². The zero-order valence-corrected chi connectivity index (χ0v) is 14.3. The van der Waals surface area contributed by atoms with Crippen LogP contribution in [0.2, 0.25) is 0 Å². The molecule has 0 heterocycles. The number of esters is 1. The van der Waals surface area contributed by atoms with E-state index in [0.717, 1.165) is 5.56 Å². The Balaban J connectivity index is 1.77. The van der Waals surface area contributed by atoms with Crippen molar-refractivity contribution in [2.24, 2.45) is 0 Å². The van der Waals surface area contributed by atoms with Crippen molar-refractivity contribution >= 4 is 17.7 Å². The molecule has 0 radical (unpaired) electrons. The number of amides is 1. The summed E-state index contributed by atoms with van der Waals surface area (Å²) in [6, 6.07) is 15.8. The maximum atomic E-state index is 12.0. The van der Waals surface area contributed by atoms with Gasteiger partial charge in [-0.3, -0.25) is 14.4 Å². The molecule has 130 valence electrons. The molecule has 0 atom stereocenters. The van der Waals surface area contributed by atoms with Gasteiger partial charge in [0.05, 0.1) is 0 Å². The van der Waals surface area contributed by atoms with Gasteiger partial charge in [-0.2, -0.15) is 0 Å². The molecule has 0 saturated heterocycles. The number of hydrogen-bond acceptors (Lipinski definition) is 4. The number of nitrogens with one attached hydrogen (secondary N) is 1. The second-order valence-corrected chi connectivity index (χ2v) is 5.91. The van der Waals surface area contributed by atoms with Crippen LogP contribution in [-0.4, -0.2) is 30.8 Å². The van der Waals surface area contributed by atoms with Gasteiger partial charge in [0.15, 0.2) is 12.4 Å². The molecule has 0 bridgehead atoms. The lowest BCUT2D eigenvalue weighted by molar-refractivity contribution is -0.141. The van der Waals surface area contributed by atoms with Crippen molar-refractivity contribution in [3.8, 4) is 0 Å². The number of carbonyl (C=O) groups excluding carboxylic acids is 3. The number of hydrogen-bond donors (Lipinski definition) is 1. The highest BCUT2D eigenvalue weighted by atomic mass is 16.5. The Bertz CT molecular complexity index is 736. The maximum Gasteiger partial charge on any atom is 0.325 e. The fourth-order valence-electron chi connectivity index (χ4n) is 2.18. The SMILES string of the molecule is CC(C)c1ccc(C(=O)COC(=O)CNC(=O)c2ccccc2)cc1. The van der Waals surface area contributed by atoms with E-state index in [0.29, 0.717) is 17.0 Å². The monoisotopic (exact) mass is 339 g/mol. The summed E-state index contributed by atoms with van der Waals surface area (Å²) in [4.78, 5) is 35.5. The van der Waals surface area contributed by atoms with Crippen molar-refractivity contribution in [2.45, 2.75) is 19.8 Å². The van der Waals surface area contributed by atoms with Gasteiger partial charge in [0.2, 0.25) is 0 Å². The summed E-state index contributed by atoms with van der Waals surface area (Å²) in [6.07, 6.45) is 0. The summed E-state index contributed by atoms with van der Waals surface area (Å²) in [5.74, 6) is -0.919. The highest BCUT2D eigenvalue weighted by Crippen LogP contribution is 2.15. The highest BCUT2D eigenvalue weighted by Gasteiger charge is 2.12. The molecule has 25 heavy (non-hydrogen) atoms. The molecule has 0 unspecified atom stereocenters. The predicted octanol–water partition coefficient (Wildman–Crippen LogP) is 2.97. The molecular weight excluding hydrogens is 318 g/mol. The van der Waals surface area contributed by atoms with Gasteiger partial charge >= 0.3 is 5.97 Å². The van der Waals surface area contributed by atoms with Crippen molar-refractivity contribution in [2.75, 3.05) is 13.2 Å². The van der Waals surface area contributed by atoms with Crippen LogP contribution in [0.15, 0.2) is 54.6 Å². The molecule has 2 aromatic rings. The summed E-state index contributed by atoms with van der Waals surface area (Å²) >= 11 is 0. The summed E-state index contributed by atoms with van der Waals surface area (Å²) in [7, 11) is 0. The van der Waals surface area contributed by atoms with E-state index in [1.54, 1.807) is 42.5 Å². The van der Waals surface area contributed by atoms with Crippen molar-refractivity contribution in [1.82, 2.24) is 5.32 Å². The average molecular weight is 339 g/mol. The lowest BCUT2D eigenvalue weighted by Crippen LogP contribution is -2.31. The number of Topliss-reactive ketones (excluding diaryl/α,β-unsaturated/α-hetero) is 1. The quantitative estimate of drug-likeness (QED) is 0.622. The molecule has 5 nitrogen and oxygen atoms in total. The Morgan fingerprint density at radius 3 is 2.16 bits per heavy atom. The van der Waals surface area contributed by atoms with Crippen LogP contribution in [-0.2, 0) is 9.53 Å². The lowest BCUT2D eigenvalue weighted by atomic mass is 10.0. The van der Waals surface area contributed by atoms with Gasteiger partial charge in [0.1, 0.15) is 6.54 Å². The Labute approximate surface area is 147 Å². The van der Waals surface area contributed by atoms with Crippen molar-refractivity contribution in [3.05, 3.63) is 71.3 Å². The zero-order valence-electron chi connectivity index (χ0n) is 14.3. The van der Waals surface area contributed by atoms with Crippen molar-refractivity contribution in [3.63, 3.8) is 0 Å². The van der Waals surface area contributed by atoms with Crippen molar-refractivity contribution < 1.29 is 19.1 Å². The standard InChI is InChI=1S/C20H21NO4/c1-14(2)15-8-10-16(11-9-15)18(22)13-25-19(23)12-21-20(24)17-6-4-3-5-7-17/h3-11,14H,12-13H2,1-2H3,(H,21,24). The van der Waals surface area contributed by atoms with E-state index in [1.165, 1.54) is 0 Å². The second kappa shape index (κ2) is 8.78. The summed E-state index contributed by atoms with van der Waals surface area (Å²) in [5.41, 5.74) is 2.08. The minimum Gasteiger partial charge on any atom is -0.456 e. The number of ether oxygens (including phenoxy) is 1. The van der Waals surface area contributed by atoms with Gasteiger partial charge in [0, 0.05) is 11.1 Å². The normalized spacial score (nSPS) is 10.4. The molecule has 0 spiro atoms. The van der Waals surface area contributed by atoms with Crippen LogP contribution in [0, 0.1) is 0 Å². The van der Waals surface area contributed by atoms with Crippen LogP contribution in [0.25, 0.3) is 0 Å². The van der Waals surface area contributed by atoms with Gasteiger partial charge in [0.25, 0.3) is 5.91 Å². The lowest BCUT2D eigenvalue weighted by Gasteiger charge is -2.08. The molecule has 2 aromatic carbocycles. The van der Waals surface area contributed by atoms with Gasteiger partial charge in [-0.1, -0.05) is 56.3 Å². The van der Waals surface area contributed by atoms with Gasteiger partial charge in [-0.25, -0.2) is 0 Å². The van der Waals surface area contributed by atoms with Crippen LogP contribution < -0.4 is 5.32 Å². The topological polar surface area (TPSA) is 72.5 Å². The van der Waals surface area contributed by atoms with Gasteiger partial charge < -0.3 is 10.1 Å². The first kappa shape index (κ1) is 18.4. The van der Waals surface area contributed by atoms with E-state index in [4.69, 9.17) is 4.74 Å². The minimum atomic E-state index is -0.656. The third kappa shape index (κ3) is 5.57. The summed E-state index contributed by atoms with van der Waals surface area (Å²) in [5, 5.41) is 2.46. The fourth-order valence-corrected chi connectivity index (χ4v) is 2.18. The second-order valence-electron chi connectivity index (χ2n) is 5.91. The molecule has 0 aliphatic heterocycles. The Morgan fingerprint density at radius 2 is 1.56 bits per heavy atom. The third-order valence-corrected chi connectivity index (χ3v) is 3.69. The molecule has 2 rings (SSSR count). The van der Waals surface area contributed by atoms with Crippen LogP contribution >= 0.6 is 0 Å². The van der Waals surface area contributed by atoms with Crippen molar-refractivity contribution in [1.29, 1.82) is 0 Å². The van der Waals surface area contributed by atoms with Crippen LogP contribution in [0.5, 0.6) is 0 Å². The Morgan fingerprint density at radius 1 is 0.920 bits per heavy atom. The molecule has 0 aromatic heterocycles. The molecule has 0 aliphatic rings. The summed E-state index contributed by atoms with van der Waals surface area (Å²) in [6.45, 7) is 3.51. The van der Waals surface area contributed by atoms with Crippen LogP contribution in [0.3, 0.4) is 0 Å². The first-order valence-electron chi connectivity index (χ1n) is 8.09. The van der Waals surface area contributed by atoms with E-state index in [9.17, 15) is 14.4 Å². The highest BCUT2D eigenvalue weighted by molar-refractivity contribution is 5.98. The number of carbonyl (C=O) groups is 3. The van der Waals surface area contributed by atoms with Gasteiger partial charge in [-0.15, -0.1) is 0 Å². The molecule has 0 saturated carbocycles. The molecule has 1 N–H and O–H groups in total. The number of ketones is 1. The van der Waals surface area contributed by atoms with E-state index >= 15 is 0 Å². The third-order valence-electron chi connectivity index (χ3n) is 3.69. The van der Waals surface area contributed by atoms with E-state index in [1.807, 2.05) is 12.1 Å². The van der Waals surface area contributed by atoms with Gasteiger partial charge in [-0.05, 0) is 23.6 Å². The van der Waals surface area contributed by atoms with E-state index in [2.05, 4.69) is 19.2 Å². The number of benzene rings is 2. The minimum absolute atomic E-state index is 0.280. The fraction of sp³-hybridized carbons (Fsp3) is 0.250. The van der Waals surface area contributed by atoms with Crippen LogP contribution in [0.1, 0.15) is 46.0 Å². The average Bonchev–Trinajstić information content (AvgIpc) is 2.64.